The Morgan fingerprint density at radius 2 is 1.81 bits per heavy atom. The number of anilines is 1. The summed E-state index contributed by atoms with van der Waals surface area (Å²) in [4.78, 5) is 55.6. The molecule has 0 bridgehead atoms. The topological polar surface area (TPSA) is 102 Å². The van der Waals surface area contributed by atoms with Crippen molar-refractivity contribution >= 4 is 34.2 Å². The highest BCUT2D eigenvalue weighted by atomic mass is 32.1. The maximum absolute atomic E-state index is 12.6. The third kappa shape index (κ3) is 3.40. The van der Waals surface area contributed by atoms with Crippen molar-refractivity contribution in [3.8, 4) is 0 Å². The van der Waals surface area contributed by atoms with Gasteiger partial charge in [0.05, 0.1) is 30.8 Å². The van der Waals surface area contributed by atoms with Gasteiger partial charge in [0, 0.05) is 12.4 Å². The van der Waals surface area contributed by atoms with Crippen LogP contribution in [-0.4, -0.2) is 51.6 Å². The monoisotopic (exact) mass is 436 g/mol. The van der Waals surface area contributed by atoms with E-state index in [1.807, 2.05) is 11.4 Å². The largest absolute Gasteiger partial charge is 0.442 e. The van der Waals surface area contributed by atoms with Gasteiger partial charge in [0.15, 0.2) is 0 Å². The second kappa shape index (κ2) is 7.47. The maximum Gasteiger partial charge on any atom is 0.415 e. The zero-order valence-corrected chi connectivity index (χ0v) is 16.9. The molecule has 2 aliphatic rings. The Morgan fingerprint density at radius 3 is 2.52 bits per heavy atom. The van der Waals surface area contributed by atoms with Gasteiger partial charge < -0.3 is 4.74 Å². The van der Waals surface area contributed by atoms with Crippen LogP contribution in [0.1, 0.15) is 26.3 Å². The van der Waals surface area contributed by atoms with Gasteiger partial charge in [-0.05, 0) is 35.2 Å². The number of aromatic nitrogens is 2. The molecule has 0 N–H and O–H groups in total. The summed E-state index contributed by atoms with van der Waals surface area (Å²) >= 11 is 1.35. The summed E-state index contributed by atoms with van der Waals surface area (Å²) in [5.41, 5.74) is 1.23. The van der Waals surface area contributed by atoms with Crippen LogP contribution in [0.2, 0.25) is 0 Å². The van der Waals surface area contributed by atoms with E-state index >= 15 is 0 Å². The predicted octanol–water partition coefficient (Wildman–Crippen LogP) is 1.97. The first-order chi connectivity index (χ1) is 15.0. The molecule has 1 aromatic carbocycles. The Hall–Kier alpha value is -3.79. The van der Waals surface area contributed by atoms with Gasteiger partial charge in [-0.15, -0.1) is 11.3 Å². The SMILES string of the molecule is O=C1c2ccccc2C(=O)N1C[C@H]1CN(c2cc(Cn3cccnc3=O)cs2)C(=O)O1. The van der Waals surface area contributed by atoms with E-state index < -0.39 is 12.2 Å². The lowest BCUT2D eigenvalue weighted by molar-refractivity contribution is 0.0558. The minimum Gasteiger partial charge on any atom is -0.442 e. The second-order valence-corrected chi connectivity index (χ2v) is 8.10. The Balaban J connectivity index is 1.28. The molecule has 156 valence electrons. The highest BCUT2D eigenvalue weighted by Gasteiger charge is 2.41. The molecule has 0 radical (unpaired) electrons. The van der Waals surface area contributed by atoms with E-state index in [0.29, 0.717) is 22.7 Å². The summed E-state index contributed by atoms with van der Waals surface area (Å²) < 4.78 is 6.89. The Kier molecular flexibility index (Phi) is 4.63. The van der Waals surface area contributed by atoms with Crippen LogP contribution in [0.15, 0.2) is 59.0 Å². The van der Waals surface area contributed by atoms with E-state index in [9.17, 15) is 19.2 Å². The molecule has 1 saturated heterocycles. The number of fused-ring (bicyclic) bond motifs is 1. The Bertz CT molecular complexity index is 1230. The summed E-state index contributed by atoms with van der Waals surface area (Å²) in [6.07, 6.45) is 1.93. The fourth-order valence-corrected chi connectivity index (χ4v) is 4.61. The zero-order chi connectivity index (χ0) is 21.5. The molecule has 2 aliphatic heterocycles. The average molecular weight is 436 g/mol. The molecular formula is C21H16N4O5S. The first-order valence-electron chi connectivity index (χ1n) is 9.53. The molecule has 10 heteroatoms. The van der Waals surface area contributed by atoms with E-state index in [-0.39, 0.29) is 30.6 Å². The van der Waals surface area contributed by atoms with Crippen molar-refractivity contribution in [1.29, 1.82) is 0 Å². The minimum atomic E-state index is -0.624. The van der Waals surface area contributed by atoms with Crippen molar-refractivity contribution in [3.05, 3.63) is 81.3 Å². The Labute approximate surface area is 180 Å². The molecule has 3 amide bonds. The molecule has 31 heavy (non-hydrogen) atoms. The van der Waals surface area contributed by atoms with Crippen molar-refractivity contribution in [1.82, 2.24) is 14.5 Å². The van der Waals surface area contributed by atoms with Crippen LogP contribution in [0.3, 0.4) is 0 Å². The molecule has 0 spiro atoms. The van der Waals surface area contributed by atoms with Crippen LogP contribution < -0.4 is 10.6 Å². The van der Waals surface area contributed by atoms with Gasteiger partial charge in [0.1, 0.15) is 11.1 Å². The second-order valence-electron chi connectivity index (χ2n) is 7.21. The molecule has 0 saturated carbocycles. The number of nitrogens with zero attached hydrogens (tertiary/aromatic N) is 4. The predicted molar refractivity (Wildman–Crippen MR) is 111 cm³/mol. The van der Waals surface area contributed by atoms with Crippen LogP contribution in [0.25, 0.3) is 0 Å². The van der Waals surface area contributed by atoms with Crippen LogP contribution in [0.4, 0.5) is 9.80 Å². The van der Waals surface area contributed by atoms with Crippen molar-refractivity contribution in [3.63, 3.8) is 0 Å². The van der Waals surface area contributed by atoms with Gasteiger partial charge in [0.2, 0.25) is 0 Å². The number of ether oxygens (including phenoxy) is 1. The summed E-state index contributed by atoms with van der Waals surface area (Å²) in [7, 11) is 0. The summed E-state index contributed by atoms with van der Waals surface area (Å²) in [5.74, 6) is -0.758. The van der Waals surface area contributed by atoms with Crippen LogP contribution in [0, 0.1) is 0 Å². The van der Waals surface area contributed by atoms with Gasteiger partial charge in [-0.1, -0.05) is 12.1 Å². The van der Waals surface area contributed by atoms with E-state index in [0.717, 1.165) is 10.5 Å². The zero-order valence-electron chi connectivity index (χ0n) is 16.1. The van der Waals surface area contributed by atoms with Crippen LogP contribution in [0.5, 0.6) is 0 Å². The van der Waals surface area contributed by atoms with E-state index in [4.69, 9.17) is 4.74 Å². The van der Waals surface area contributed by atoms with Crippen molar-refractivity contribution in [2.45, 2.75) is 12.6 Å². The molecule has 3 aromatic rings. The van der Waals surface area contributed by atoms with Crippen molar-refractivity contribution in [2.24, 2.45) is 0 Å². The van der Waals surface area contributed by atoms with Gasteiger partial charge in [0.25, 0.3) is 11.8 Å². The van der Waals surface area contributed by atoms with Gasteiger partial charge in [-0.2, -0.15) is 0 Å². The molecule has 0 unspecified atom stereocenters. The van der Waals surface area contributed by atoms with Crippen molar-refractivity contribution < 1.29 is 19.1 Å². The summed E-state index contributed by atoms with van der Waals surface area (Å²) in [6, 6.07) is 10.1. The Morgan fingerprint density at radius 1 is 1.06 bits per heavy atom. The molecule has 4 heterocycles. The van der Waals surface area contributed by atoms with Gasteiger partial charge in [-0.25, -0.2) is 14.6 Å². The molecule has 1 fully saturated rings. The normalized spacial score (nSPS) is 17.9. The number of rotatable bonds is 5. The number of imide groups is 1. The number of thiophene rings is 1. The fraction of sp³-hybridized carbons (Fsp3) is 0.190. The first-order valence-corrected chi connectivity index (χ1v) is 10.4. The molecule has 2 aromatic heterocycles. The standard InChI is InChI=1S/C21H16N4O5S/c26-18-15-4-1-2-5-16(15)19(27)25(18)11-14-10-24(21(29)30-14)17-8-13(12-31-17)9-23-7-3-6-22-20(23)28/h1-8,12,14H,9-11H2/t14-/m1/s1. The molecule has 9 nitrogen and oxygen atoms in total. The number of benzene rings is 1. The van der Waals surface area contributed by atoms with Crippen LogP contribution >= 0.6 is 11.3 Å². The maximum atomic E-state index is 12.6. The molecule has 0 aliphatic carbocycles. The number of hydrogen-bond acceptors (Lipinski definition) is 7. The molecule has 1 atom stereocenters. The van der Waals surface area contributed by atoms with E-state index in [2.05, 4.69) is 4.98 Å². The number of carbonyl (C=O) groups is 3. The van der Waals surface area contributed by atoms with Crippen LogP contribution in [-0.2, 0) is 11.3 Å². The third-order valence-electron chi connectivity index (χ3n) is 5.18. The first kappa shape index (κ1) is 19.2. The van der Waals surface area contributed by atoms with Crippen molar-refractivity contribution in [2.75, 3.05) is 18.0 Å². The lowest BCUT2D eigenvalue weighted by Gasteiger charge is -2.17. The smallest absolute Gasteiger partial charge is 0.415 e. The highest BCUT2D eigenvalue weighted by Crippen LogP contribution is 2.30. The summed E-state index contributed by atoms with van der Waals surface area (Å²) in [6.45, 7) is 0.557. The average Bonchev–Trinajstić information content (AvgIpc) is 3.44. The number of hydrogen-bond donors (Lipinski definition) is 0. The van der Waals surface area contributed by atoms with Gasteiger partial charge >= 0.3 is 11.8 Å². The lowest BCUT2D eigenvalue weighted by Crippen LogP contribution is -2.38. The fourth-order valence-electron chi connectivity index (χ4n) is 3.70. The van der Waals surface area contributed by atoms with Gasteiger partial charge in [-0.3, -0.25) is 24.0 Å². The number of cyclic esters (lactones) is 1. The number of carbonyl (C=O) groups excluding carboxylic acids is 3. The van der Waals surface area contributed by atoms with E-state index in [1.54, 1.807) is 36.5 Å². The highest BCUT2D eigenvalue weighted by molar-refractivity contribution is 7.14. The summed E-state index contributed by atoms with van der Waals surface area (Å²) in [5, 5.41) is 2.53. The lowest BCUT2D eigenvalue weighted by atomic mass is 10.1. The minimum absolute atomic E-state index is 0.00209. The molecule has 5 rings (SSSR count). The quantitative estimate of drug-likeness (QED) is 0.567. The number of amides is 3. The molecular weight excluding hydrogens is 420 g/mol. The third-order valence-corrected chi connectivity index (χ3v) is 6.18. The van der Waals surface area contributed by atoms with E-state index in [1.165, 1.54) is 27.0 Å².